The van der Waals surface area contributed by atoms with Crippen molar-refractivity contribution in [1.29, 1.82) is 5.26 Å². The molecule has 0 atom stereocenters. The highest BCUT2D eigenvalue weighted by atomic mass is 35.5. The topological polar surface area (TPSA) is 324 Å². The molecule has 0 radical (unpaired) electrons. The number of nitrogens with zero attached hydrogens (tertiary/aromatic N) is 5. The molecule has 6 N–H and O–H groups in total. The molecule has 0 amide bonds. The summed E-state index contributed by atoms with van der Waals surface area (Å²) < 4.78 is 137. The molecule has 4 aromatic carbocycles. The van der Waals surface area contributed by atoms with Gasteiger partial charge in [-0.1, -0.05) is 41.4 Å². The standard InChI is InChI=1S/C25H14Cl2N6O13S4/c26-23-14(9-28)24(27)31-25(30-23)29-16-8-11(47(35,36)37)6-10-7-18(49(41,42)43)20(21(34)19(10)16)33-32-15-5-4-12-13(22(15)50(44,45)46)2-1-3-17(12)48(38,39)40/h1-8,34H,(H,29,30,31)(H,35,36,37)(H,38,39,40)(H,41,42,43)(H,44,45,46)/b33-32+. The zero-order valence-electron chi connectivity index (χ0n) is 23.7. The summed E-state index contributed by atoms with van der Waals surface area (Å²) in [5, 5.41) is 27.4. The molecule has 0 unspecified atom stereocenters. The Morgan fingerprint density at radius 2 is 1.36 bits per heavy atom. The van der Waals surface area contributed by atoms with Gasteiger partial charge in [0.15, 0.2) is 16.1 Å². The van der Waals surface area contributed by atoms with E-state index >= 15 is 0 Å². The third-order valence-corrected chi connectivity index (χ3v) is 10.7. The molecule has 0 saturated carbocycles. The first-order valence-electron chi connectivity index (χ1n) is 12.6. The van der Waals surface area contributed by atoms with Crippen LogP contribution in [-0.4, -0.2) is 67.0 Å². The SMILES string of the molecule is N#Cc1c(Cl)nc(Nc2cc(S(=O)(=O)O)cc3cc(S(=O)(=O)O)c(/N=N/c4ccc5c(S(=O)(=O)O)cccc5c4S(=O)(=O)O)c(O)c23)nc1Cl. The van der Waals surface area contributed by atoms with Gasteiger partial charge in [-0.25, -0.2) is 0 Å². The number of phenolic OH excluding ortho intramolecular Hbond substituents is 1. The molecule has 5 rings (SSSR count). The maximum Gasteiger partial charge on any atom is 0.297 e. The van der Waals surface area contributed by atoms with E-state index in [4.69, 9.17) is 23.2 Å². The van der Waals surface area contributed by atoms with Crippen molar-refractivity contribution < 1.29 is 57.0 Å². The summed E-state index contributed by atoms with van der Waals surface area (Å²) in [6.45, 7) is 0. The molecule has 0 aliphatic rings. The fraction of sp³-hybridized carbons (Fsp3) is 0. The largest absolute Gasteiger partial charge is 0.505 e. The van der Waals surface area contributed by atoms with Gasteiger partial charge in [-0.05, 0) is 35.7 Å². The smallest absolute Gasteiger partial charge is 0.297 e. The van der Waals surface area contributed by atoms with Crippen molar-refractivity contribution in [1.82, 2.24) is 9.97 Å². The number of fused-ring (bicyclic) bond motifs is 2. The van der Waals surface area contributed by atoms with Crippen LogP contribution in [0.1, 0.15) is 5.56 Å². The first-order chi connectivity index (χ1) is 23.0. The Hall–Kier alpha value is -4.61. The van der Waals surface area contributed by atoms with Crippen LogP contribution in [-0.2, 0) is 40.5 Å². The van der Waals surface area contributed by atoms with Gasteiger partial charge >= 0.3 is 0 Å². The normalized spacial score (nSPS) is 12.8. The van der Waals surface area contributed by atoms with Crippen molar-refractivity contribution in [2.24, 2.45) is 10.2 Å². The van der Waals surface area contributed by atoms with E-state index in [0.29, 0.717) is 12.1 Å². The first-order valence-corrected chi connectivity index (χ1v) is 19.1. The van der Waals surface area contributed by atoms with E-state index < -0.39 is 115 Å². The van der Waals surface area contributed by atoms with Crippen molar-refractivity contribution in [2.75, 3.05) is 5.32 Å². The van der Waals surface area contributed by atoms with Gasteiger partial charge in [-0.15, -0.1) is 10.2 Å². The number of benzene rings is 4. The Morgan fingerprint density at radius 1 is 0.740 bits per heavy atom. The summed E-state index contributed by atoms with van der Waals surface area (Å²) in [5.74, 6) is -1.68. The van der Waals surface area contributed by atoms with Crippen LogP contribution in [0.4, 0.5) is 23.0 Å². The molecule has 1 heterocycles. The monoisotopic (exact) mass is 804 g/mol. The second-order valence-corrected chi connectivity index (χ2v) is 16.0. The molecule has 19 nitrogen and oxygen atoms in total. The summed E-state index contributed by atoms with van der Waals surface area (Å²) >= 11 is 11.9. The highest BCUT2D eigenvalue weighted by Crippen LogP contribution is 2.46. The zero-order chi connectivity index (χ0) is 37.1. The highest BCUT2D eigenvalue weighted by Gasteiger charge is 2.28. The van der Waals surface area contributed by atoms with E-state index in [1.807, 2.05) is 0 Å². The average molecular weight is 806 g/mol. The number of phenols is 1. The number of hydrogen-bond acceptors (Lipinski definition) is 15. The molecular weight excluding hydrogens is 791 g/mol. The molecule has 0 spiro atoms. The quantitative estimate of drug-likeness (QED) is 0.0696. The predicted molar refractivity (Wildman–Crippen MR) is 173 cm³/mol. The van der Waals surface area contributed by atoms with Crippen molar-refractivity contribution in [2.45, 2.75) is 19.6 Å². The molecule has 0 fully saturated rings. The number of nitrogens with one attached hydrogen (secondary N) is 1. The summed E-state index contributed by atoms with van der Waals surface area (Å²) in [6, 6.07) is 8.45. The van der Waals surface area contributed by atoms with E-state index in [2.05, 4.69) is 25.5 Å². The molecule has 5 aromatic rings. The lowest BCUT2D eigenvalue weighted by Crippen LogP contribution is -2.05. The molecule has 25 heteroatoms. The molecule has 0 saturated heterocycles. The van der Waals surface area contributed by atoms with Crippen LogP contribution in [0, 0.1) is 11.3 Å². The number of azo groups is 1. The van der Waals surface area contributed by atoms with Crippen LogP contribution in [0.2, 0.25) is 10.3 Å². The van der Waals surface area contributed by atoms with Gasteiger partial charge in [-0.2, -0.15) is 48.9 Å². The fourth-order valence-electron chi connectivity index (χ4n) is 4.65. The van der Waals surface area contributed by atoms with Crippen molar-refractivity contribution >= 4 is 108 Å². The van der Waals surface area contributed by atoms with Gasteiger partial charge in [0, 0.05) is 16.2 Å². The lowest BCUT2D eigenvalue weighted by Gasteiger charge is -2.15. The second-order valence-electron chi connectivity index (χ2n) is 9.75. The molecule has 0 aliphatic heterocycles. The lowest BCUT2D eigenvalue weighted by atomic mass is 10.1. The Bertz CT molecular complexity index is 2820. The number of hydrogen-bond donors (Lipinski definition) is 6. The van der Waals surface area contributed by atoms with E-state index in [9.17, 15) is 62.3 Å². The maximum atomic E-state index is 12.5. The van der Waals surface area contributed by atoms with Crippen LogP contribution in [0.3, 0.4) is 0 Å². The van der Waals surface area contributed by atoms with Crippen LogP contribution >= 0.6 is 23.2 Å². The van der Waals surface area contributed by atoms with E-state index in [0.717, 1.165) is 36.4 Å². The van der Waals surface area contributed by atoms with Crippen molar-refractivity contribution in [3.05, 3.63) is 64.4 Å². The minimum atomic E-state index is -5.38. The van der Waals surface area contributed by atoms with Gasteiger partial charge < -0.3 is 10.4 Å². The Balaban J connectivity index is 1.83. The number of nitriles is 1. The van der Waals surface area contributed by atoms with Gasteiger partial charge in [-0.3, -0.25) is 18.2 Å². The van der Waals surface area contributed by atoms with Gasteiger partial charge in [0.2, 0.25) is 5.95 Å². The highest BCUT2D eigenvalue weighted by molar-refractivity contribution is 7.87. The van der Waals surface area contributed by atoms with Crippen molar-refractivity contribution in [3.63, 3.8) is 0 Å². The first kappa shape index (κ1) is 36.7. The molecule has 0 aliphatic carbocycles. The summed E-state index contributed by atoms with van der Waals surface area (Å²) in [5.41, 5.74) is -2.69. The minimum Gasteiger partial charge on any atom is -0.505 e. The molecular formula is C25H14Cl2N6O13S4. The number of aromatic hydroxyl groups is 1. The molecule has 0 bridgehead atoms. The fourth-order valence-corrected chi connectivity index (χ4v) is 7.85. The molecule has 1 aromatic heterocycles. The third-order valence-electron chi connectivity index (χ3n) is 6.62. The van der Waals surface area contributed by atoms with E-state index in [1.54, 1.807) is 6.07 Å². The van der Waals surface area contributed by atoms with E-state index in [1.165, 1.54) is 0 Å². The summed E-state index contributed by atoms with van der Waals surface area (Å²) in [4.78, 5) is 3.66. The number of rotatable bonds is 8. The second kappa shape index (κ2) is 12.6. The lowest BCUT2D eigenvalue weighted by molar-refractivity contribution is 0.472. The Labute approximate surface area is 290 Å². The van der Waals surface area contributed by atoms with Crippen LogP contribution in [0.25, 0.3) is 21.5 Å². The minimum absolute atomic E-state index is 0.342. The van der Waals surface area contributed by atoms with Gasteiger partial charge in [0.05, 0.1) is 10.6 Å². The van der Waals surface area contributed by atoms with Crippen molar-refractivity contribution in [3.8, 4) is 11.8 Å². The number of aromatic nitrogens is 2. The maximum absolute atomic E-state index is 12.5. The summed E-state index contributed by atoms with van der Waals surface area (Å²) in [6.07, 6.45) is 0. The predicted octanol–water partition coefficient (Wildman–Crippen LogP) is 4.81. The number of anilines is 2. The average Bonchev–Trinajstić information content (AvgIpc) is 2.97. The third kappa shape index (κ3) is 7.02. The molecule has 260 valence electrons. The van der Waals surface area contributed by atoms with Crippen LogP contribution < -0.4 is 5.32 Å². The van der Waals surface area contributed by atoms with E-state index in [-0.39, 0.29) is 10.9 Å². The number of halogens is 2. The molecule has 50 heavy (non-hydrogen) atoms. The summed E-state index contributed by atoms with van der Waals surface area (Å²) in [7, 11) is -20.6. The van der Waals surface area contributed by atoms with Gasteiger partial charge in [0.1, 0.15) is 37.7 Å². The Kier molecular flexibility index (Phi) is 9.25. The van der Waals surface area contributed by atoms with Crippen LogP contribution in [0.5, 0.6) is 5.75 Å². The van der Waals surface area contributed by atoms with Crippen LogP contribution in [0.15, 0.2) is 78.3 Å². The van der Waals surface area contributed by atoms with Gasteiger partial charge in [0.25, 0.3) is 40.5 Å². The zero-order valence-corrected chi connectivity index (χ0v) is 28.5. The Morgan fingerprint density at radius 3 is 1.90 bits per heavy atom.